The van der Waals surface area contributed by atoms with Gasteiger partial charge in [0.1, 0.15) is 0 Å². The van der Waals surface area contributed by atoms with E-state index in [1.165, 1.54) is 6.07 Å². The van der Waals surface area contributed by atoms with Gasteiger partial charge in [0.2, 0.25) is 5.88 Å². The maximum atomic E-state index is 11.4. The van der Waals surface area contributed by atoms with E-state index in [4.69, 9.17) is 0 Å². The van der Waals surface area contributed by atoms with Crippen LogP contribution in [-0.4, -0.2) is 21.0 Å². The monoisotopic (exact) mass is 291 g/mol. The van der Waals surface area contributed by atoms with Crippen LogP contribution in [0.1, 0.15) is 11.1 Å². The predicted octanol–water partition coefficient (Wildman–Crippen LogP) is 1.49. The molecule has 0 unspecified atom stereocenters. The first-order valence-corrected chi connectivity index (χ1v) is 5.91. The first kappa shape index (κ1) is 12.8. The Hall–Kier alpha value is -3.17. The van der Waals surface area contributed by atoms with Crippen LogP contribution in [0.2, 0.25) is 0 Å². The number of hydrogen-bond acceptors (Lipinski definition) is 6. The third-order valence-electron chi connectivity index (χ3n) is 3.39. The molecule has 10 heteroatoms. The number of benzene rings is 1. The van der Waals surface area contributed by atoms with Gasteiger partial charge in [-0.2, -0.15) is 0 Å². The summed E-state index contributed by atoms with van der Waals surface area (Å²) in [6.45, 7) is -0.00531. The molecule has 0 atom stereocenters. The third-order valence-corrected chi connectivity index (χ3v) is 3.39. The van der Waals surface area contributed by atoms with E-state index in [9.17, 15) is 24.9 Å². The highest BCUT2D eigenvalue weighted by Gasteiger charge is 2.27. The van der Waals surface area contributed by atoms with E-state index in [1.807, 2.05) is 0 Å². The normalized spacial score (nSPS) is 14.0. The number of H-pyrrole nitrogens is 1. The van der Waals surface area contributed by atoms with Crippen molar-refractivity contribution in [3.8, 4) is 5.88 Å². The number of fused-ring (bicyclic) bond motifs is 3. The zero-order valence-electron chi connectivity index (χ0n) is 10.5. The first-order valence-electron chi connectivity index (χ1n) is 5.91. The van der Waals surface area contributed by atoms with E-state index in [0.717, 1.165) is 0 Å². The van der Waals surface area contributed by atoms with Gasteiger partial charge < -0.3 is 20.7 Å². The summed E-state index contributed by atoms with van der Waals surface area (Å²) in [6, 6.07) is 0.705. The number of hydrogen-bond donors (Lipinski definition) is 4. The molecule has 2 heterocycles. The second-order valence-corrected chi connectivity index (χ2v) is 4.48. The molecule has 1 aliphatic rings. The van der Waals surface area contributed by atoms with Crippen molar-refractivity contribution in [2.24, 2.45) is 5.18 Å². The van der Waals surface area contributed by atoms with Gasteiger partial charge in [0.15, 0.2) is 5.69 Å². The maximum Gasteiger partial charge on any atom is 0.315 e. The number of aromatic hydroxyl groups is 1. The van der Waals surface area contributed by atoms with Gasteiger partial charge in [-0.25, -0.2) is 4.79 Å². The van der Waals surface area contributed by atoms with Crippen LogP contribution in [0.5, 0.6) is 5.88 Å². The Labute approximate surface area is 116 Å². The number of amides is 2. The second-order valence-electron chi connectivity index (χ2n) is 4.48. The lowest BCUT2D eigenvalue weighted by atomic mass is 10.0. The van der Waals surface area contributed by atoms with Gasteiger partial charge in [0, 0.05) is 23.6 Å². The number of nitro benzene ring substituents is 1. The van der Waals surface area contributed by atoms with Crippen LogP contribution >= 0.6 is 0 Å². The number of carbonyl (C=O) groups excluding carboxylic acids is 1. The minimum Gasteiger partial charge on any atom is -0.493 e. The van der Waals surface area contributed by atoms with E-state index in [2.05, 4.69) is 20.8 Å². The lowest BCUT2D eigenvalue weighted by Gasteiger charge is -2.07. The lowest BCUT2D eigenvalue weighted by Crippen LogP contribution is -2.31. The number of nitrogens with zero attached hydrogens (tertiary/aromatic N) is 2. The van der Waals surface area contributed by atoms with Crippen LogP contribution in [-0.2, 0) is 13.1 Å². The molecule has 0 fully saturated rings. The fourth-order valence-corrected chi connectivity index (χ4v) is 2.45. The van der Waals surface area contributed by atoms with Crippen LogP contribution in [0.4, 0.5) is 16.2 Å². The molecule has 10 nitrogen and oxygen atoms in total. The number of aromatic amines is 1. The van der Waals surface area contributed by atoms with Crippen LogP contribution in [0.25, 0.3) is 10.9 Å². The minimum absolute atomic E-state index is 0.0254. The third kappa shape index (κ3) is 1.84. The Bertz CT molecular complexity index is 796. The molecule has 0 aliphatic carbocycles. The van der Waals surface area contributed by atoms with Crippen LogP contribution in [0.15, 0.2) is 11.2 Å². The molecule has 0 bridgehead atoms. The molecule has 0 saturated carbocycles. The van der Waals surface area contributed by atoms with Crippen molar-refractivity contribution in [2.45, 2.75) is 13.1 Å². The number of aromatic nitrogens is 1. The fraction of sp³-hybridized carbons (Fsp3) is 0.182. The molecule has 3 rings (SSSR count). The smallest absolute Gasteiger partial charge is 0.315 e. The van der Waals surface area contributed by atoms with Gasteiger partial charge in [-0.15, -0.1) is 4.91 Å². The first-order chi connectivity index (χ1) is 10.0. The molecular weight excluding hydrogens is 282 g/mol. The molecule has 2 amide bonds. The van der Waals surface area contributed by atoms with Gasteiger partial charge in [-0.05, 0) is 5.18 Å². The molecule has 2 aromatic rings. The van der Waals surface area contributed by atoms with E-state index in [1.54, 1.807) is 0 Å². The van der Waals surface area contributed by atoms with Gasteiger partial charge in [-0.3, -0.25) is 10.1 Å². The van der Waals surface area contributed by atoms with Gasteiger partial charge >= 0.3 is 6.03 Å². The SMILES string of the molecule is O=Nc1c(O)[nH]c2c3c(c([N+](=O)[O-])cc12)CNC(=O)NC3. The highest BCUT2D eigenvalue weighted by atomic mass is 16.6. The van der Waals surface area contributed by atoms with Crippen LogP contribution in [0, 0.1) is 15.0 Å². The average molecular weight is 291 g/mol. The van der Waals surface area contributed by atoms with Gasteiger partial charge in [-0.1, -0.05) is 0 Å². The van der Waals surface area contributed by atoms with Gasteiger partial charge in [0.25, 0.3) is 5.69 Å². The molecule has 0 saturated heterocycles. The van der Waals surface area contributed by atoms with Crippen molar-refractivity contribution in [1.29, 1.82) is 0 Å². The molecule has 1 aromatic carbocycles. The summed E-state index contributed by atoms with van der Waals surface area (Å²) in [6.07, 6.45) is 0. The Morgan fingerprint density at radius 1 is 1.29 bits per heavy atom. The Kier molecular flexibility index (Phi) is 2.71. The highest BCUT2D eigenvalue weighted by Crippen LogP contribution is 2.41. The fourth-order valence-electron chi connectivity index (χ4n) is 2.45. The zero-order valence-corrected chi connectivity index (χ0v) is 10.5. The van der Waals surface area contributed by atoms with Crippen molar-refractivity contribution < 1.29 is 14.8 Å². The summed E-state index contributed by atoms with van der Waals surface area (Å²) in [7, 11) is 0. The Balaban J connectivity index is 2.39. The standard InChI is InChI=1S/C11H9N5O5/c17-10-9(15-19)4-1-7(16(20)21)5-2-12-11(18)13-3-6(5)8(4)14-10/h1,14,17H,2-3H2,(H2,12,13,18). The quantitative estimate of drug-likeness (QED) is 0.375. The predicted molar refractivity (Wildman–Crippen MR) is 71.1 cm³/mol. The van der Waals surface area contributed by atoms with Crippen molar-refractivity contribution in [1.82, 2.24) is 15.6 Å². The summed E-state index contributed by atoms with van der Waals surface area (Å²) in [5.41, 5.74) is 0.545. The molecule has 0 radical (unpaired) electrons. The molecule has 1 aromatic heterocycles. The van der Waals surface area contributed by atoms with Crippen molar-refractivity contribution >= 4 is 28.3 Å². The number of nitro groups is 1. The number of urea groups is 1. The molecule has 1 aliphatic heterocycles. The number of carbonyl (C=O) groups is 1. The largest absolute Gasteiger partial charge is 0.493 e. The van der Waals surface area contributed by atoms with E-state index < -0.39 is 16.8 Å². The number of rotatable bonds is 2. The molecule has 4 N–H and O–H groups in total. The maximum absolute atomic E-state index is 11.4. The average Bonchev–Trinajstić information content (AvgIpc) is 2.63. The van der Waals surface area contributed by atoms with Crippen molar-refractivity contribution in [3.05, 3.63) is 32.2 Å². The summed E-state index contributed by atoms with van der Waals surface area (Å²) in [4.78, 5) is 35.3. The summed E-state index contributed by atoms with van der Waals surface area (Å²) in [5, 5.41) is 28.7. The number of nitroso groups, excluding NO2 is 1. The van der Waals surface area contributed by atoms with Crippen LogP contribution in [0.3, 0.4) is 0 Å². The van der Waals surface area contributed by atoms with Crippen molar-refractivity contribution in [2.75, 3.05) is 0 Å². The lowest BCUT2D eigenvalue weighted by molar-refractivity contribution is -0.385. The minimum atomic E-state index is -0.603. The van der Waals surface area contributed by atoms with E-state index >= 15 is 0 Å². The molecule has 21 heavy (non-hydrogen) atoms. The Morgan fingerprint density at radius 3 is 2.57 bits per heavy atom. The van der Waals surface area contributed by atoms with Crippen LogP contribution < -0.4 is 10.6 Å². The number of nitrogens with one attached hydrogen (secondary N) is 3. The van der Waals surface area contributed by atoms with Crippen molar-refractivity contribution in [3.63, 3.8) is 0 Å². The summed E-state index contributed by atoms with van der Waals surface area (Å²) < 4.78 is 0. The highest BCUT2D eigenvalue weighted by molar-refractivity contribution is 5.99. The summed E-state index contributed by atoms with van der Waals surface area (Å²) >= 11 is 0. The molecule has 108 valence electrons. The zero-order chi connectivity index (χ0) is 15.1. The molecule has 0 spiro atoms. The van der Waals surface area contributed by atoms with Gasteiger partial charge in [0.05, 0.1) is 22.5 Å². The van der Waals surface area contributed by atoms with E-state index in [-0.39, 0.29) is 29.9 Å². The Morgan fingerprint density at radius 2 is 1.95 bits per heavy atom. The van der Waals surface area contributed by atoms with E-state index in [0.29, 0.717) is 16.6 Å². The second kappa shape index (κ2) is 4.44. The topological polar surface area (TPSA) is 150 Å². The summed E-state index contributed by atoms with van der Waals surface area (Å²) in [5.74, 6) is -0.466. The molecular formula is C11H9N5O5.